The largest absolute Gasteiger partial charge is 0.398 e. The van der Waals surface area contributed by atoms with Gasteiger partial charge >= 0.3 is 0 Å². The highest BCUT2D eigenvalue weighted by atomic mass is 32.2. The van der Waals surface area contributed by atoms with Gasteiger partial charge in [-0.1, -0.05) is 0 Å². The predicted octanol–water partition coefficient (Wildman–Crippen LogP) is 0.315. The maximum atomic E-state index is 12.1. The van der Waals surface area contributed by atoms with E-state index in [2.05, 4.69) is 9.82 Å². The van der Waals surface area contributed by atoms with Gasteiger partial charge in [0.25, 0.3) is 0 Å². The highest BCUT2D eigenvalue weighted by molar-refractivity contribution is 7.89. The smallest absolute Gasteiger partial charge is 0.242 e. The molecule has 0 aliphatic heterocycles. The lowest BCUT2D eigenvalue weighted by Gasteiger charge is -2.09. The van der Waals surface area contributed by atoms with E-state index in [1.807, 2.05) is 6.07 Å². The number of rotatable bonds is 5. The Bertz CT molecular complexity index is 732. The maximum absolute atomic E-state index is 12.1. The Kier molecular flexibility index (Phi) is 4.02. The normalized spacial score (nSPS) is 11.2. The van der Waals surface area contributed by atoms with Crippen LogP contribution in [0.1, 0.15) is 5.56 Å². The second-order valence-electron chi connectivity index (χ2n) is 4.03. The van der Waals surface area contributed by atoms with E-state index in [1.165, 1.54) is 18.2 Å². The maximum Gasteiger partial charge on any atom is 0.242 e. The number of nitriles is 1. The molecule has 0 aliphatic carbocycles. The van der Waals surface area contributed by atoms with E-state index in [-0.39, 0.29) is 17.1 Å². The van der Waals surface area contributed by atoms with Gasteiger partial charge in [-0.3, -0.25) is 4.68 Å². The summed E-state index contributed by atoms with van der Waals surface area (Å²) in [6.45, 7) is 0.617. The van der Waals surface area contributed by atoms with Gasteiger partial charge in [-0.15, -0.1) is 0 Å². The van der Waals surface area contributed by atoms with E-state index in [1.54, 1.807) is 23.1 Å². The quantitative estimate of drug-likeness (QED) is 0.770. The summed E-state index contributed by atoms with van der Waals surface area (Å²) in [6, 6.07) is 7.73. The summed E-state index contributed by atoms with van der Waals surface area (Å²) in [5, 5.41) is 12.7. The Morgan fingerprint density at radius 1 is 1.45 bits per heavy atom. The molecule has 0 unspecified atom stereocenters. The van der Waals surface area contributed by atoms with Gasteiger partial charge in [-0.25, -0.2) is 13.1 Å². The third-order valence-corrected chi connectivity index (χ3v) is 4.16. The number of nitrogens with two attached hydrogens (primary N) is 1. The fraction of sp³-hybridized carbons (Fsp3) is 0.167. The molecule has 0 bridgehead atoms. The lowest BCUT2D eigenvalue weighted by molar-refractivity contribution is 0.561. The standard InChI is InChI=1S/C12H13N5O2S/c13-9-10-2-3-12(11(14)8-10)20(18,19)16-5-7-17-6-1-4-15-17/h1-4,6,8,16H,5,7,14H2. The molecule has 0 aliphatic rings. The van der Waals surface area contributed by atoms with Crippen LogP contribution in [-0.4, -0.2) is 24.7 Å². The van der Waals surface area contributed by atoms with Crippen LogP contribution in [0.4, 0.5) is 5.69 Å². The van der Waals surface area contributed by atoms with Gasteiger partial charge in [0.2, 0.25) is 10.0 Å². The lowest BCUT2D eigenvalue weighted by atomic mass is 10.2. The molecule has 7 nitrogen and oxygen atoms in total. The molecule has 0 saturated carbocycles. The second-order valence-corrected chi connectivity index (χ2v) is 5.77. The van der Waals surface area contributed by atoms with Crippen LogP contribution in [0.15, 0.2) is 41.6 Å². The third kappa shape index (κ3) is 3.14. The van der Waals surface area contributed by atoms with Crippen molar-refractivity contribution in [3.63, 3.8) is 0 Å². The number of hydrogen-bond acceptors (Lipinski definition) is 5. The molecule has 0 fully saturated rings. The first-order chi connectivity index (χ1) is 9.53. The zero-order chi connectivity index (χ0) is 14.6. The van der Waals surface area contributed by atoms with Gasteiger partial charge < -0.3 is 5.73 Å². The molecule has 0 radical (unpaired) electrons. The molecule has 0 atom stereocenters. The Hall–Kier alpha value is -2.37. The molecule has 1 aromatic heterocycles. The third-order valence-electron chi connectivity index (χ3n) is 2.62. The number of nitrogen functional groups attached to an aromatic ring is 1. The van der Waals surface area contributed by atoms with E-state index in [4.69, 9.17) is 11.0 Å². The number of anilines is 1. The van der Waals surface area contributed by atoms with Crippen LogP contribution in [0, 0.1) is 11.3 Å². The summed E-state index contributed by atoms with van der Waals surface area (Å²) in [5.74, 6) is 0. The number of benzene rings is 1. The van der Waals surface area contributed by atoms with Crippen molar-refractivity contribution in [2.45, 2.75) is 11.4 Å². The molecule has 2 aromatic rings. The van der Waals surface area contributed by atoms with Crippen molar-refractivity contribution in [2.75, 3.05) is 12.3 Å². The highest BCUT2D eigenvalue weighted by Gasteiger charge is 2.17. The Balaban J connectivity index is 2.08. The van der Waals surface area contributed by atoms with Crippen molar-refractivity contribution in [1.29, 1.82) is 5.26 Å². The number of nitrogens with one attached hydrogen (secondary N) is 1. The molecule has 104 valence electrons. The van der Waals surface area contributed by atoms with Gasteiger partial charge in [-0.05, 0) is 24.3 Å². The van der Waals surface area contributed by atoms with Crippen molar-refractivity contribution < 1.29 is 8.42 Å². The number of nitrogens with zero attached hydrogens (tertiary/aromatic N) is 3. The van der Waals surface area contributed by atoms with Gasteiger partial charge in [0.15, 0.2) is 0 Å². The summed E-state index contributed by atoms with van der Waals surface area (Å²) in [7, 11) is -3.69. The van der Waals surface area contributed by atoms with Crippen LogP contribution in [-0.2, 0) is 16.6 Å². The average molecular weight is 291 g/mol. The first-order valence-corrected chi connectivity index (χ1v) is 7.28. The second kappa shape index (κ2) is 5.73. The van der Waals surface area contributed by atoms with Crippen LogP contribution in [0.25, 0.3) is 0 Å². The summed E-state index contributed by atoms with van der Waals surface area (Å²) in [4.78, 5) is -0.0306. The highest BCUT2D eigenvalue weighted by Crippen LogP contribution is 2.19. The summed E-state index contributed by atoms with van der Waals surface area (Å²) >= 11 is 0. The summed E-state index contributed by atoms with van der Waals surface area (Å²) < 4.78 is 28.2. The molecule has 2 rings (SSSR count). The topological polar surface area (TPSA) is 114 Å². The van der Waals surface area contributed by atoms with Crippen molar-refractivity contribution in [1.82, 2.24) is 14.5 Å². The zero-order valence-corrected chi connectivity index (χ0v) is 11.3. The molecule has 0 amide bonds. The van der Waals surface area contributed by atoms with Crippen molar-refractivity contribution in [3.05, 3.63) is 42.2 Å². The number of hydrogen-bond donors (Lipinski definition) is 2. The molecule has 8 heteroatoms. The fourth-order valence-corrected chi connectivity index (χ4v) is 2.80. The number of sulfonamides is 1. The lowest BCUT2D eigenvalue weighted by Crippen LogP contribution is -2.28. The van der Waals surface area contributed by atoms with E-state index in [0.717, 1.165) is 0 Å². The van der Waals surface area contributed by atoms with E-state index in [0.29, 0.717) is 12.1 Å². The van der Waals surface area contributed by atoms with Crippen LogP contribution >= 0.6 is 0 Å². The molecule has 0 spiro atoms. The SMILES string of the molecule is N#Cc1ccc(S(=O)(=O)NCCn2cccn2)c(N)c1. The zero-order valence-electron chi connectivity index (χ0n) is 10.5. The fourth-order valence-electron chi connectivity index (χ4n) is 1.67. The Morgan fingerprint density at radius 3 is 2.85 bits per heavy atom. The first-order valence-electron chi connectivity index (χ1n) is 5.79. The van der Waals surface area contributed by atoms with Crippen molar-refractivity contribution in [3.8, 4) is 6.07 Å². The molecule has 0 saturated heterocycles. The molecular weight excluding hydrogens is 278 g/mol. The predicted molar refractivity (Wildman–Crippen MR) is 73.0 cm³/mol. The van der Waals surface area contributed by atoms with Gasteiger partial charge in [0, 0.05) is 18.9 Å². The summed E-state index contributed by atoms with van der Waals surface area (Å²) in [6.07, 6.45) is 3.36. The van der Waals surface area contributed by atoms with Crippen LogP contribution in [0.2, 0.25) is 0 Å². The average Bonchev–Trinajstić information content (AvgIpc) is 2.91. The Morgan fingerprint density at radius 2 is 2.25 bits per heavy atom. The van der Waals surface area contributed by atoms with Crippen LogP contribution in [0.3, 0.4) is 0 Å². The van der Waals surface area contributed by atoms with E-state index in [9.17, 15) is 8.42 Å². The molecule has 1 aromatic carbocycles. The van der Waals surface area contributed by atoms with E-state index >= 15 is 0 Å². The molecule has 1 heterocycles. The van der Waals surface area contributed by atoms with Crippen LogP contribution in [0.5, 0.6) is 0 Å². The summed E-state index contributed by atoms with van der Waals surface area (Å²) in [5.41, 5.74) is 6.03. The molecular formula is C12H13N5O2S. The minimum Gasteiger partial charge on any atom is -0.398 e. The minimum atomic E-state index is -3.69. The van der Waals surface area contributed by atoms with Gasteiger partial charge in [0.1, 0.15) is 4.90 Å². The molecule has 3 N–H and O–H groups in total. The monoisotopic (exact) mass is 291 g/mol. The van der Waals surface area contributed by atoms with Crippen molar-refractivity contribution in [2.24, 2.45) is 0 Å². The van der Waals surface area contributed by atoms with Gasteiger partial charge in [-0.2, -0.15) is 10.4 Å². The van der Waals surface area contributed by atoms with Gasteiger partial charge in [0.05, 0.1) is 23.9 Å². The minimum absolute atomic E-state index is 0.0306. The number of aromatic nitrogens is 2. The van der Waals surface area contributed by atoms with Crippen molar-refractivity contribution >= 4 is 15.7 Å². The Labute approximate surface area is 116 Å². The molecule has 20 heavy (non-hydrogen) atoms. The van der Waals surface area contributed by atoms with E-state index < -0.39 is 10.0 Å². The van der Waals surface area contributed by atoms with Crippen LogP contribution < -0.4 is 10.5 Å². The first kappa shape index (κ1) is 14.0.